The molecule has 2 aliphatic heterocycles. The Labute approximate surface area is 360 Å². The second-order valence-corrected chi connectivity index (χ2v) is 17.0. The Morgan fingerprint density at radius 1 is 0.433 bits per heavy atom. The second kappa shape index (κ2) is 15.8. The lowest BCUT2D eigenvalue weighted by molar-refractivity contribution is 0.280. The van der Waals surface area contributed by atoms with Gasteiger partial charge in [0.15, 0.2) is 0 Å². The highest BCUT2D eigenvalue weighted by Gasteiger charge is 2.45. The SMILES string of the molecule is COc1ccc(-c2ccc(CO)c(C3(C#Cc4ccccc4)c4ccccc4Sc4ccccc43)c2)cc1C1(C#Cc2ccccc2)c2ccccc2Sc2ccccc21. The zero-order chi connectivity index (χ0) is 40.5. The van der Waals surface area contributed by atoms with Gasteiger partial charge in [-0.05, 0) is 111 Å². The normalized spacial score (nSPS) is 13.8. The summed E-state index contributed by atoms with van der Waals surface area (Å²) >= 11 is 3.55. The van der Waals surface area contributed by atoms with E-state index in [-0.39, 0.29) is 6.61 Å². The number of aliphatic hydroxyl groups excluding tert-OH is 1. The third-order valence-corrected chi connectivity index (χ3v) is 13.9. The van der Waals surface area contributed by atoms with Crippen LogP contribution in [0.4, 0.5) is 0 Å². The Bertz CT molecular complexity index is 2740. The van der Waals surface area contributed by atoms with Gasteiger partial charge in [0, 0.05) is 36.3 Å². The Balaban J connectivity index is 1.25. The third-order valence-electron chi connectivity index (χ3n) is 11.6. The summed E-state index contributed by atoms with van der Waals surface area (Å²) in [5, 5.41) is 11.2. The lowest BCUT2D eigenvalue weighted by Crippen LogP contribution is -2.32. The first-order valence-corrected chi connectivity index (χ1v) is 21.6. The van der Waals surface area contributed by atoms with E-state index < -0.39 is 10.8 Å². The summed E-state index contributed by atoms with van der Waals surface area (Å²) in [5.41, 5.74) is 9.28. The molecule has 0 saturated heterocycles. The molecule has 8 aromatic carbocycles. The minimum atomic E-state index is -0.890. The van der Waals surface area contributed by atoms with Crippen LogP contribution in [0.25, 0.3) is 11.1 Å². The molecule has 2 heterocycles. The molecule has 0 bridgehead atoms. The monoisotopic (exact) mass is 806 g/mol. The predicted octanol–water partition coefficient (Wildman–Crippen LogP) is 12.6. The molecule has 60 heavy (non-hydrogen) atoms. The summed E-state index contributed by atoms with van der Waals surface area (Å²) in [6.07, 6.45) is 0. The van der Waals surface area contributed by atoms with Crippen molar-refractivity contribution in [3.8, 4) is 40.6 Å². The van der Waals surface area contributed by atoms with Crippen LogP contribution < -0.4 is 4.74 Å². The van der Waals surface area contributed by atoms with Crippen LogP contribution >= 0.6 is 23.5 Å². The highest BCUT2D eigenvalue weighted by molar-refractivity contribution is 7.99. The number of rotatable bonds is 5. The number of hydrogen-bond acceptors (Lipinski definition) is 4. The molecule has 1 N–H and O–H groups in total. The van der Waals surface area contributed by atoms with Gasteiger partial charge in [0.25, 0.3) is 0 Å². The molecule has 0 saturated carbocycles. The zero-order valence-corrected chi connectivity index (χ0v) is 34.5. The van der Waals surface area contributed by atoms with Crippen molar-refractivity contribution in [3.05, 3.63) is 244 Å². The molecule has 0 radical (unpaired) electrons. The summed E-state index contributed by atoms with van der Waals surface area (Å²) in [4.78, 5) is 4.61. The van der Waals surface area contributed by atoms with Gasteiger partial charge < -0.3 is 9.84 Å². The first kappa shape index (κ1) is 37.6. The number of fused-ring (bicyclic) bond motifs is 4. The van der Waals surface area contributed by atoms with Gasteiger partial charge in [-0.25, -0.2) is 0 Å². The van der Waals surface area contributed by atoms with Crippen molar-refractivity contribution in [1.29, 1.82) is 0 Å². The Hall–Kier alpha value is -6.66. The van der Waals surface area contributed by atoms with E-state index in [1.54, 1.807) is 30.6 Å². The Kier molecular flexibility index (Phi) is 9.92. The fourth-order valence-corrected chi connectivity index (χ4v) is 11.2. The van der Waals surface area contributed by atoms with Crippen molar-refractivity contribution >= 4 is 23.5 Å². The molecule has 10 rings (SSSR count). The molecule has 2 nitrogen and oxygen atoms in total. The standard InChI is InChI=1S/C56H38O2S2/c1-58-50-31-30-42(37-49(50)56(35-33-40-18-6-3-7-19-40)46-22-10-14-26-53(46)60-54-27-15-11-23-47(54)56)41-28-29-43(38-57)48(36-41)55(34-32-39-16-4-2-5-17-39)44-20-8-12-24-51(44)59-52-25-13-9-21-45(52)55/h2-31,36-37,57H,38H2,1H3. The van der Waals surface area contributed by atoms with Gasteiger partial charge in [-0.1, -0.05) is 175 Å². The summed E-state index contributed by atoms with van der Waals surface area (Å²) in [6.45, 7) is -0.140. The van der Waals surface area contributed by atoms with Crippen molar-refractivity contribution in [1.82, 2.24) is 0 Å². The molecule has 0 amide bonds. The van der Waals surface area contributed by atoms with Crippen LogP contribution in [0, 0.1) is 23.7 Å². The van der Waals surface area contributed by atoms with Gasteiger partial charge in [0.05, 0.1) is 13.7 Å². The van der Waals surface area contributed by atoms with Gasteiger partial charge in [0.1, 0.15) is 16.6 Å². The number of benzene rings is 8. The smallest absolute Gasteiger partial charge is 0.124 e. The highest BCUT2D eigenvalue weighted by atomic mass is 32.2. The first-order valence-electron chi connectivity index (χ1n) is 20.0. The summed E-state index contributed by atoms with van der Waals surface area (Å²) in [7, 11) is 1.74. The molecule has 8 aromatic rings. The molecule has 0 aromatic heterocycles. The summed E-state index contributed by atoms with van der Waals surface area (Å²) in [5.74, 6) is 15.7. The molecule has 0 spiro atoms. The van der Waals surface area contributed by atoms with Crippen LogP contribution in [0.1, 0.15) is 50.1 Å². The van der Waals surface area contributed by atoms with Gasteiger partial charge in [-0.15, -0.1) is 0 Å². The largest absolute Gasteiger partial charge is 0.496 e. The fraction of sp³-hybridized carbons (Fsp3) is 0.0714. The average Bonchev–Trinajstić information content (AvgIpc) is 3.32. The topological polar surface area (TPSA) is 29.5 Å². The zero-order valence-electron chi connectivity index (χ0n) is 32.9. The molecule has 4 heteroatoms. The second-order valence-electron chi connectivity index (χ2n) is 14.9. The first-order chi connectivity index (χ1) is 29.6. The summed E-state index contributed by atoms with van der Waals surface area (Å²) < 4.78 is 6.29. The van der Waals surface area contributed by atoms with Gasteiger partial charge in [0.2, 0.25) is 0 Å². The van der Waals surface area contributed by atoms with Crippen LogP contribution in [0.15, 0.2) is 214 Å². The minimum Gasteiger partial charge on any atom is -0.496 e. The Morgan fingerprint density at radius 2 is 0.817 bits per heavy atom. The number of hydrogen-bond donors (Lipinski definition) is 1. The molecule has 0 fully saturated rings. The maximum absolute atomic E-state index is 11.2. The van der Waals surface area contributed by atoms with Crippen LogP contribution in [0.2, 0.25) is 0 Å². The van der Waals surface area contributed by atoms with Gasteiger partial charge in [-0.2, -0.15) is 0 Å². The van der Waals surface area contributed by atoms with Gasteiger partial charge in [-0.3, -0.25) is 0 Å². The maximum Gasteiger partial charge on any atom is 0.124 e. The molecule has 286 valence electrons. The van der Waals surface area contributed by atoms with Crippen LogP contribution in [-0.4, -0.2) is 12.2 Å². The van der Waals surface area contributed by atoms with Crippen molar-refractivity contribution in [3.63, 3.8) is 0 Å². The molecular weight excluding hydrogens is 769 g/mol. The summed E-state index contributed by atoms with van der Waals surface area (Å²) in [6, 6.07) is 67.6. The van der Waals surface area contributed by atoms with Crippen LogP contribution in [-0.2, 0) is 17.4 Å². The third kappa shape index (κ3) is 6.33. The van der Waals surface area contributed by atoms with E-state index in [9.17, 15) is 5.11 Å². The van der Waals surface area contributed by atoms with Crippen molar-refractivity contribution in [2.24, 2.45) is 0 Å². The van der Waals surface area contributed by atoms with Crippen molar-refractivity contribution < 1.29 is 9.84 Å². The van der Waals surface area contributed by atoms with E-state index in [1.165, 1.54) is 0 Å². The lowest BCUT2D eigenvalue weighted by atomic mass is 9.67. The van der Waals surface area contributed by atoms with Crippen LogP contribution in [0.3, 0.4) is 0 Å². The maximum atomic E-state index is 11.2. The fourth-order valence-electron chi connectivity index (χ4n) is 8.77. The Morgan fingerprint density at radius 3 is 1.25 bits per heavy atom. The van der Waals surface area contributed by atoms with Gasteiger partial charge >= 0.3 is 0 Å². The van der Waals surface area contributed by atoms with Crippen LogP contribution in [0.5, 0.6) is 5.75 Å². The minimum absolute atomic E-state index is 0.140. The number of aliphatic hydroxyl groups is 1. The molecular formula is C56H38O2S2. The molecule has 0 atom stereocenters. The predicted molar refractivity (Wildman–Crippen MR) is 245 cm³/mol. The van der Waals surface area contributed by atoms with E-state index in [1.807, 2.05) is 36.4 Å². The number of ether oxygens (including phenoxy) is 1. The van der Waals surface area contributed by atoms with Crippen molar-refractivity contribution in [2.75, 3.05) is 7.11 Å². The van der Waals surface area contributed by atoms with E-state index in [4.69, 9.17) is 4.74 Å². The van der Waals surface area contributed by atoms with E-state index in [0.717, 1.165) is 86.5 Å². The number of methoxy groups -OCH3 is 1. The lowest BCUT2D eigenvalue weighted by Gasteiger charge is -2.39. The molecule has 2 aliphatic rings. The average molecular weight is 807 g/mol. The highest BCUT2D eigenvalue weighted by Crippen LogP contribution is 2.56. The molecule has 0 unspecified atom stereocenters. The van der Waals surface area contributed by atoms with E-state index in [0.29, 0.717) is 0 Å². The van der Waals surface area contributed by atoms with Crippen molar-refractivity contribution in [2.45, 2.75) is 37.0 Å². The quantitative estimate of drug-likeness (QED) is 0.175. The van der Waals surface area contributed by atoms with E-state index >= 15 is 0 Å². The molecule has 0 aliphatic carbocycles. The van der Waals surface area contributed by atoms with E-state index in [2.05, 4.69) is 181 Å².